The zero-order chi connectivity index (χ0) is 24.2. The van der Waals surface area contributed by atoms with Crippen LogP contribution >= 0.6 is 0 Å². The SMILES string of the molecule is C[C@@H](C(N)=O)N(C(=O)Cc1ccccc1F)[C@@H]1C(=O)Nc2ccccc2O[C@@H]1c1ccccc1. The van der Waals surface area contributed by atoms with Crippen LogP contribution < -0.4 is 15.8 Å². The Morgan fingerprint density at radius 3 is 2.38 bits per heavy atom. The van der Waals surface area contributed by atoms with Crippen molar-refractivity contribution in [1.29, 1.82) is 0 Å². The molecule has 0 unspecified atom stereocenters. The number of hydrogen-bond acceptors (Lipinski definition) is 4. The molecule has 0 bridgehead atoms. The van der Waals surface area contributed by atoms with Crippen molar-refractivity contribution in [2.24, 2.45) is 5.73 Å². The molecule has 3 N–H and O–H groups in total. The third kappa shape index (κ3) is 4.61. The van der Waals surface area contributed by atoms with Gasteiger partial charge in [0.25, 0.3) is 5.91 Å². The maximum absolute atomic E-state index is 14.3. The van der Waals surface area contributed by atoms with Gasteiger partial charge in [0, 0.05) is 0 Å². The topological polar surface area (TPSA) is 102 Å². The molecule has 34 heavy (non-hydrogen) atoms. The number of para-hydroxylation sites is 2. The van der Waals surface area contributed by atoms with Gasteiger partial charge in [-0.2, -0.15) is 0 Å². The van der Waals surface area contributed by atoms with Crippen molar-refractivity contribution in [1.82, 2.24) is 4.90 Å². The summed E-state index contributed by atoms with van der Waals surface area (Å²) < 4.78 is 20.6. The first-order valence-corrected chi connectivity index (χ1v) is 10.8. The minimum absolute atomic E-state index is 0.142. The van der Waals surface area contributed by atoms with Crippen molar-refractivity contribution in [3.05, 3.63) is 95.8 Å². The van der Waals surface area contributed by atoms with Crippen LogP contribution in [0.25, 0.3) is 0 Å². The second-order valence-corrected chi connectivity index (χ2v) is 8.03. The number of hydrogen-bond donors (Lipinski definition) is 2. The number of carbonyl (C=O) groups excluding carboxylic acids is 3. The van der Waals surface area contributed by atoms with Gasteiger partial charge in [-0.1, -0.05) is 60.7 Å². The van der Waals surface area contributed by atoms with E-state index in [1.54, 1.807) is 54.6 Å². The molecule has 1 aliphatic rings. The molecule has 0 fully saturated rings. The number of nitrogens with one attached hydrogen (secondary N) is 1. The fourth-order valence-electron chi connectivity index (χ4n) is 4.03. The highest BCUT2D eigenvalue weighted by atomic mass is 19.1. The minimum Gasteiger partial charge on any atom is -0.481 e. The number of benzene rings is 3. The number of halogens is 1. The molecule has 0 aromatic heterocycles. The second kappa shape index (κ2) is 9.74. The summed E-state index contributed by atoms with van der Waals surface area (Å²) in [5, 5.41) is 2.79. The number of nitrogens with zero attached hydrogens (tertiary/aromatic N) is 1. The predicted octanol–water partition coefficient (Wildman–Crippen LogP) is 3.21. The van der Waals surface area contributed by atoms with Gasteiger partial charge in [-0.05, 0) is 36.2 Å². The monoisotopic (exact) mass is 461 g/mol. The first-order valence-electron chi connectivity index (χ1n) is 10.8. The quantitative estimate of drug-likeness (QED) is 0.589. The van der Waals surface area contributed by atoms with Crippen LogP contribution in [0.4, 0.5) is 10.1 Å². The molecule has 0 spiro atoms. The Morgan fingerprint density at radius 2 is 1.68 bits per heavy atom. The van der Waals surface area contributed by atoms with Crippen LogP contribution in [0, 0.1) is 5.82 Å². The first kappa shape index (κ1) is 23.0. The van der Waals surface area contributed by atoms with Gasteiger partial charge in [0.2, 0.25) is 11.8 Å². The average molecular weight is 461 g/mol. The van der Waals surface area contributed by atoms with Crippen LogP contribution in [0.2, 0.25) is 0 Å². The smallest absolute Gasteiger partial charge is 0.251 e. The molecule has 4 rings (SSSR count). The lowest BCUT2D eigenvalue weighted by Crippen LogP contribution is -2.58. The van der Waals surface area contributed by atoms with Gasteiger partial charge in [0.1, 0.15) is 17.6 Å². The predicted molar refractivity (Wildman–Crippen MR) is 124 cm³/mol. The van der Waals surface area contributed by atoms with Crippen molar-refractivity contribution < 1.29 is 23.5 Å². The van der Waals surface area contributed by atoms with Gasteiger partial charge in [-0.15, -0.1) is 0 Å². The molecule has 7 nitrogen and oxygen atoms in total. The maximum atomic E-state index is 14.3. The van der Waals surface area contributed by atoms with Crippen molar-refractivity contribution in [3.8, 4) is 5.75 Å². The normalized spacial score (nSPS) is 18.0. The molecule has 1 aliphatic heterocycles. The maximum Gasteiger partial charge on any atom is 0.251 e. The van der Waals surface area contributed by atoms with E-state index in [0.29, 0.717) is 17.0 Å². The standard InChI is InChI=1S/C26H24FN3O4/c1-16(25(28)32)30(22(31)15-18-11-5-6-12-19(18)27)23-24(17-9-3-2-4-10-17)34-21-14-8-7-13-20(21)29-26(23)33/h2-14,16,23-24H,15H2,1H3,(H2,28,32)(H,29,33)/t16-,23-,24+/m0/s1. The van der Waals surface area contributed by atoms with Crippen LogP contribution in [0.5, 0.6) is 5.75 Å². The Hall–Kier alpha value is -4.20. The van der Waals surface area contributed by atoms with E-state index >= 15 is 0 Å². The summed E-state index contributed by atoms with van der Waals surface area (Å²) in [5.74, 6) is -2.12. The number of amides is 3. The van der Waals surface area contributed by atoms with Crippen LogP contribution in [-0.2, 0) is 20.8 Å². The molecule has 1 heterocycles. The number of rotatable bonds is 6. The molecule has 8 heteroatoms. The highest BCUT2D eigenvalue weighted by Gasteiger charge is 2.44. The van der Waals surface area contributed by atoms with E-state index in [9.17, 15) is 18.8 Å². The van der Waals surface area contributed by atoms with E-state index in [-0.39, 0.29) is 12.0 Å². The van der Waals surface area contributed by atoms with Gasteiger partial charge < -0.3 is 20.7 Å². The molecule has 3 aromatic rings. The fourth-order valence-corrected chi connectivity index (χ4v) is 4.03. The third-order valence-electron chi connectivity index (χ3n) is 5.80. The minimum atomic E-state index is -1.25. The Morgan fingerprint density at radius 1 is 1.03 bits per heavy atom. The summed E-state index contributed by atoms with van der Waals surface area (Å²) in [4.78, 5) is 40.4. The summed E-state index contributed by atoms with van der Waals surface area (Å²) in [6.45, 7) is 1.44. The number of primary amides is 1. The average Bonchev–Trinajstić information content (AvgIpc) is 2.97. The third-order valence-corrected chi connectivity index (χ3v) is 5.80. The zero-order valence-corrected chi connectivity index (χ0v) is 18.5. The Bertz CT molecular complexity index is 1220. The highest BCUT2D eigenvalue weighted by Crippen LogP contribution is 2.37. The van der Waals surface area contributed by atoms with Crippen LogP contribution in [-0.4, -0.2) is 34.7 Å². The fraction of sp³-hybridized carbons (Fsp3) is 0.192. The molecule has 3 amide bonds. The first-order chi connectivity index (χ1) is 16.4. The van der Waals surface area contributed by atoms with Crippen LogP contribution in [0.15, 0.2) is 78.9 Å². The van der Waals surface area contributed by atoms with E-state index < -0.39 is 41.7 Å². The van der Waals surface area contributed by atoms with Gasteiger partial charge in [-0.25, -0.2) is 4.39 Å². The molecule has 0 radical (unpaired) electrons. The number of anilines is 1. The van der Waals surface area contributed by atoms with E-state index in [1.165, 1.54) is 25.1 Å². The number of ether oxygens (including phenoxy) is 1. The summed E-state index contributed by atoms with van der Waals surface area (Å²) in [6.07, 6.45) is -1.31. The van der Waals surface area contributed by atoms with Crippen LogP contribution in [0.1, 0.15) is 24.2 Å². The molecule has 0 saturated heterocycles. The second-order valence-electron chi connectivity index (χ2n) is 8.03. The van der Waals surface area contributed by atoms with Crippen LogP contribution in [0.3, 0.4) is 0 Å². The summed E-state index contributed by atoms with van der Waals surface area (Å²) in [5.41, 5.74) is 6.78. The van der Waals surface area contributed by atoms with Crippen molar-refractivity contribution in [3.63, 3.8) is 0 Å². The van der Waals surface area contributed by atoms with E-state index in [2.05, 4.69) is 5.32 Å². The lowest BCUT2D eigenvalue weighted by atomic mass is 9.97. The Kier molecular flexibility index (Phi) is 6.58. The van der Waals surface area contributed by atoms with E-state index in [0.717, 1.165) is 4.90 Å². The highest BCUT2D eigenvalue weighted by molar-refractivity contribution is 6.01. The lowest BCUT2D eigenvalue weighted by Gasteiger charge is -2.37. The Balaban J connectivity index is 1.81. The number of carbonyl (C=O) groups is 3. The summed E-state index contributed by atoms with van der Waals surface area (Å²) in [7, 11) is 0. The summed E-state index contributed by atoms with van der Waals surface area (Å²) >= 11 is 0. The van der Waals surface area contributed by atoms with E-state index in [4.69, 9.17) is 10.5 Å². The molecule has 0 saturated carbocycles. The Labute approximate surface area is 196 Å². The molecule has 3 aromatic carbocycles. The molecule has 3 atom stereocenters. The number of nitrogens with two attached hydrogens (primary N) is 1. The molecular formula is C26H24FN3O4. The number of fused-ring (bicyclic) bond motifs is 1. The summed E-state index contributed by atoms with van der Waals surface area (Å²) in [6, 6.07) is 19.3. The lowest BCUT2D eigenvalue weighted by molar-refractivity contribution is -0.148. The van der Waals surface area contributed by atoms with Gasteiger partial charge in [0.15, 0.2) is 12.1 Å². The van der Waals surface area contributed by atoms with E-state index in [1.807, 2.05) is 6.07 Å². The van der Waals surface area contributed by atoms with Gasteiger partial charge in [0.05, 0.1) is 12.1 Å². The molecular weight excluding hydrogens is 437 g/mol. The largest absolute Gasteiger partial charge is 0.481 e. The van der Waals surface area contributed by atoms with Crippen molar-refractivity contribution >= 4 is 23.4 Å². The van der Waals surface area contributed by atoms with Crippen molar-refractivity contribution in [2.45, 2.75) is 31.5 Å². The molecule has 174 valence electrons. The van der Waals surface area contributed by atoms with Gasteiger partial charge in [-0.3, -0.25) is 14.4 Å². The molecule has 0 aliphatic carbocycles. The zero-order valence-electron chi connectivity index (χ0n) is 18.5. The van der Waals surface area contributed by atoms with Gasteiger partial charge >= 0.3 is 0 Å². The van der Waals surface area contributed by atoms with Crippen molar-refractivity contribution in [2.75, 3.05) is 5.32 Å².